The van der Waals surface area contributed by atoms with Crippen molar-refractivity contribution >= 4 is 6.03 Å². The molecule has 4 nitrogen and oxygen atoms in total. The van der Waals surface area contributed by atoms with Gasteiger partial charge in [0.05, 0.1) is 0 Å². The van der Waals surface area contributed by atoms with Crippen LogP contribution in [0.2, 0.25) is 0 Å². The molecule has 0 radical (unpaired) electrons. The third kappa shape index (κ3) is 3.55. The van der Waals surface area contributed by atoms with E-state index in [2.05, 4.69) is 0 Å². The van der Waals surface area contributed by atoms with Gasteiger partial charge in [-0.15, -0.1) is 0 Å². The van der Waals surface area contributed by atoms with E-state index in [-0.39, 0.29) is 12.0 Å². The molecule has 1 aliphatic rings. The van der Waals surface area contributed by atoms with Gasteiger partial charge in [-0.05, 0) is 5.92 Å². The van der Waals surface area contributed by atoms with Gasteiger partial charge in [0.15, 0.2) is 0 Å². The highest BCUT2D eigenvalue weighted by Crippen LogP contribution is 2.18. The number of carbonyl (C=O) groups is 1. The Morgan fingerprint density at radius 3 is 2.56 bits per heavy atom. The fourth-order valence-corrected chi connectivity index (χ4v) is 1.78. The monoisotopic (exact) mass is 239 g/mol. The molecule has 0 spiro atoms. The second-order valence-electron chi connectivity index (χ2n) is 4.01. The highest BCUT2D eigenvalue weighted by Gasteiger charge is 2.34. The molecule has 0 bridgehead atoms. The summed E-state index contributed by atoms with van der Waals surface area (Å²) in [6.45, 7) is 1.40. The first-order valence-electron chi connectivity index (χ1n) is 5.18. The summed E-state index contributed by atoms with van der Waals surface area (Å²) in [7, 11) is 0. The summed E-state index contributed by atoms with van der Waals surface area (Å²) in [6.07, 6.45) is -3.55. The Balaban J connectivity index is 2.39. The number of urea groups is 1. The minimum absolute atomic E-state index is 0.137. The molecule has 0 aromatic rings. The van der Waals surface area contributed by atoms with Gasteiger partial charge in [-0.25, -0.2) is 4.79 Å². The van der Waals surface area contributed by atoms with Crippen LogP contribution in [0.1, 0.15) is 13.3 Å². The van der Waals surface area contributed by atoms with Crippen LogP contribution in [0.4, 0.5) is 18.0 Å². The van der Waals surface area contributed by atoms with Crippen molar-refractivity contribution in [3.8, 4) is 0 Å². The molecule has 0 unspecified atom stereocenters. The molecule has 7 heteroatoms. The minimum Gasteiger partial charge on any atom is -0.329 e. The van der Waals surface area contributed by atoms with Crippen LogP contribution < -0.4 is 11.1 Å². The molecule has 2 atom stereocenters. The summed E-state index contributed by atoms with van der Waals surface area (Å²) >= 11 is 0. The first kappa shape index (κ1) is 13.1. The zero-order valence-corrected chi connectivity index (χ0v) is 9.05. The van der Waals surface area contributed by atoms with Crippen LogP contribution in [0.15, 0.2) is 0 Å². The first-order valence-corrected chi connectivity index (χ1v) is 5.18. The maximum atomic E-state index is 11.9. The fourth-order valence-electron chi connectivity index (χ4n) is 1.78. The maximum Gasteiger partial charge on any atom is 0.405 e. The Morgan fingerprint density at radius 2 is 2.12 bits per heavy atom. The van der Waals surface area contributed by atoms with E-state index in [0.717, 1.165) is 6.42 Å². The smallest absolute Gasteiger partial charge is 0.329 e. The second kappa shape index (κ2) is 4.90. The molecule has 3 N–H and O–H groups in total. The van der Waals surface area contributed by atoms with Gasteiger partial charge in [0.2, 0.25) is 0 Å². The van der Waals surface area contributed by atoms with Crippen LogP contribution in [0.5, 0.6) is 0 Å². The van der Waals surface area contributed by atoms with E-state index in [9.17, 15) is 18.0 Å². The van der Waals surface area contributed by atoms with Crippen molar-refractivity contribution in [2.45, 2.75) is 25.6 Å². The number of nitrogens with two attached hydrogens (primary N) is 1. The van der Waals surface area contributed by atoms with Gasteiger partial charge in [-0.2, -0.15) is 13.2 Å². The Bertz CT molecular complexity index is 257. The minimum atomic E-state index is -4.37. The molecule has 0 saturated carbocycles. The summed E-state index contributed by atoms with van der Waals surface area (Å²) in [5, 5.41) is 1.84. The topological polar surface area (TPSA) is 58.4 Å². The van der Waals surface area contributed by atoms with Crippen molar-refractivity contribution in [3.05, 3.63) is 0 Å². The van der Waals surface area contributed by atoms with Crippen LogP contribution in [0.25, 0.3) is 0 Å². The number of carbonyl (C=O) groups excluding carboxylic acids is 1. The van der Waals surface area contributed by atoms with E-state index >= 15 is 0 Å². The molecule has 2 amide bonds. The number of alkyl halides is 3. The third-order valence-corrected chi connectivity index (χ3v) is 2.74. The van der Waals surface area contributed by atoms with Crippen LogP contribution in [-0.4, -0.2) is 42.8 Å². The summed E-state index contributed by atoms with van der Waals surface area (Å²) in [5.74, 6) is 0.177. The molecule has 0 aliphatic carbocycles. The lowest BCUT2D eigenvalue weighted by Gasteiger charge is -2.17. The van der Waals surface area contributed by atoms with Crippen molar-refractivity contribution in [1.29, 1.82) is 0 Å². The number of rotatable bonds is 2. The predicted octanol–water partition coefficient (Wildman–Crippen LogP) is 0.927. The van der Waals surface area contributed by atoms with Gasteiger partial charge in [0.1, 0.15) is 6.54 Å². The molecule has 0 aromatic heterocycles. The van der Waals surface area contributed by atoms with E-state index in [1.807, 2.05) is 12.2 Å². The molecular weight excluding hydrogens is 223 g/mol. The second-order valence-corrected chi connectivity index (χ2v) is 4.01. The highest BCUT2D eigenvalue weighted by molar-refractivity contribution is 5.74. The molecule has 1 fully saturated rings. The van der Waals surface area contributed by atoms with Crippen molar-refractivity contribution < 1.29 is 18.0 Å². The van der Waals surface area contributed by atoms with Gasteiger partial charge in [0.25, 0.3) is 0 Å². The number of hydrogen-bond donors (Lipinski definition) is 2. The molecule has 1 heterocycles. The van der Waals surface area contributed by atoms with Crippen LogP contribution >= 0.6 is 0 Å². The average molecular weight is 239 g/mol. The quantitative estimate of drug-likeness (QED) is 0.753. The zero-order valence-electron chi connectivity index (χ0n) is 9.05. The summed E-state index contributed by atoms with van der Waals surface area (Å²) < 4.78 is 35.6. The van der Waals surface area contributed by atoms with Crippen molar-refractivity contribution in [2.75, 3.05) is 19.6 Å². The number of hydrogen-bond acceptors (Lipinski definition) is 2. The van der Waals surface area contributed by atoms with E-state index < -0.39 is 18.8 Å². The third-order valence-electron chi connectivity index (χ3n) is 2.74. The lowest BCUT2D eigenvalue weighted by Crippen LogP contribution is -2.43. The van der Waals surface area contributed by atoms with Crippen LogP contribution in [-0.2, 0) is 0 Å². The van der Waals surface area contributed by atoms with Gasteiger partial charge < -0.3 is 16.0 Å². The van der Waals surface area contributed by atoms with Crippen LogP contribution in [0, 0.1) is 5.92 Å². The molecule has 1 saturated heterocycles. The lowest BCUT2D eigenvalue weighted by atomic mass is 10.0. The summed E-state index contributed by atoms with van der Waals surface area (Å²) in [4.78, 5) is 12.7. The van der Waals surface area contributed by atoms with Crippen molar-refractivity contribution in [3.63, 3.8) is 0 Å². The van der Waals surface area contributed by atoms with Gasteiger partial charge in [0, 0.05) is 19.1 Å². The molecule has 94 valence electrons. The Labute approximate surface area is 92.0 Å². The van der Waals surface area contributed by atoms with Crippen molar-refractivity contribution in [2.24, 2.45) is 11.7 Å². The van der Waals surface area contributed by atoms with Gasteiger partial charge >= 0.3 is 12.2 Å². The lowest BCUT2D eigenvalue weighted by molar-refractivity contribution is -0.123. The number of nitrogens with one attached hydrogen (secondary N) is 1. The van der Waals surface area contributed by atoms with Gasteiger partial charge in [-0.1, -0.05) is 13.3 Å². The van der Waals surface area contributed by atoms with Crippen LogP contribution in [0.3, 0.4) is 0 Å². The van der Waals surface area contributed by atoms with E-state index in [1.165, 1.54) is 4.90 Å². The zero-order chi connectivity index (χ0) is 12.3. The molecule has 1 rings (SSSR count). The highest BCUT2D eigenvalue weighted by atomic mass is 19.4. The Hall–Kier alpha value is -0.980. The average Bonchev–Trinajstić information content (AvgIpc) is 2.55. The molecule has 16 heavy (non-hydrogen) atoms. The maximum absolute atomic E-state index is 11.9. The standard InChI is InChI=1S/C9H16F3N3O/c1-2-6-3-15(4-7(6)13)8(16)14-5-9(10,11)12/h6-7H,2-5,13H2,1H3,(H,14,16)/t6-,7+/m1/s1. The van der Waals surface area contributed by atoms with Gasteiger partial charge in [-0.3, -0.25) is 0 Å². The Morgan fingerprint density at radius 1 is 1.50 bits per heavy atom. The number of halogens is 3. The summed E-state index contributed by atoms with van der Waals surface area (Å²) in [5.41, 5.74) is 5.76. The van der Waals surface area contributed by atoms with E-state index in [0.29, 0.717) is 13.1 Å². The number of likely N-dealkylation sites (tertiary alicyclic amines) is 1. The molecular formula is C9H16F3N3O. The SMILES string of the molecule is CC[C@@H]1CN(C(=O)NCC(F)(F)F)C[C@@H]1N. The largest absolute Gasteiger partial charge is 0.405 e. The first-order chi connectivity index (χ1) is 7.33. The predicted molar refractivity (Wildman–Crippen MR) is 52.8 cm³/mol. The fraction of sp³-hybridized carbons (Fsp3) is 0.889. The number of amides is 2. The molecule has 1 aliphatic heterocycles. The summed E-state index contributed by atoms with van der Waals surface area (Å²) in [6, 6.07) is -0.828. The van der Waals surface area contributed by atoms with E-state index in [4.69, 9.17) is 5.73 Å². The molecule has 0 aromatic carbocycles. The van der Waals surface area contributed by atoms with Crippen molar-refractivity contribution in [1.82, 2.24) is 10.2 Å². The van der Waals surface area contributed by atoms with E-state index in [1.54, 1.807) is 0 Å². The Kier molecular flexibility index (Phi) is 4.01. The number of nitrogens with zero attached hydrogens (tertiary/aromatic N) is 1. The normalized spacial score (nSPS) is 25.9.